The van der Waals surface area contributed by atoms with E-state index < -0.39 is 0 Å². The number of hydrogen-bond donors (Lipinski definition) is 2. The van der Waals surface area contributed by atoms with E-state index in [9.17, 15) is 0 Å². The van der Waals surface area contributed by atoms with E-state index in [0.717, 1.165) is 42.0 Å². The number of nitrogens with one attached hydrogen (secondary N) is 2. The largest absolute Gasteiger partial charge is 0.378 e. The van der Waals surface area contributed by atoms with E-state index >= 15 is 0 Å². The fourth-order valence-corrected chi connectivity index (χ4v) is 2.87. The monoisotopic (exact) mass is 342 g/mol. The molecule has 0 saturated heterocycles. The number of para-hydroxylation sites is 1. The van der Waals surface area contributed by atoms with Gasteiger partial charge < -0.3 is 15.4 Å². The molecule has 0 amide bonds. The zero-order valence-electron chi connectivity index (χ0n) is 15.7. The molecule has 0 aliphatic heterocycles. The van der Waals surface area contributed by atoms with E-state index in [0.29, 0.717) is 12.5 Å². The van der Waals surface area contributed by atoms with Gasteiger partial charge in [0.2, 0.25) is 0 Å². The van der Waals surface area contributed by atoms with Crippen molar-refractivity contribution >= 4 is 16.9 Å². The van der Waals surface area contributed by atoms with Crippen molar-refractivity contribution in [3.63, 3.8) is 0 Å². The van der Waals surface area contributed by atoms with Crippen molar-refractivity contribution in [2.45, 2.75) is 39.8 Å². The Bertz CT molecular complexity index is 679. The van der Waals surface area contributed by atoms with E-state index in [1.807, 2.05) is 19.2 Å². The lowest BCUT2D eigenvalue weighted by atomic mass is 10.0. The Labute approximate surface area is 150 Å². The van der Waals surface area contributed by atoms with Crippen molar-refractivity contribution < 1.29 is 4.74 Å². The third-order valence-corrected chi connectivity index (χ3v) is 4.23. The summed E-state index contributed by atoms with van der Waals surface area (Å²) in [7, 11) is 1.79. The first-order chi connectivity index (χ1) is 12.2. The normalized spacial score (nSPS) is 13.2. The molecule has 0 aliphatic rings. The van der Waals surface area contributed by atoms with Crippen LogP contribution in [-0.4, -0.2) is 37.2 Å². The molecule has 1 aromatic heterocycles. The Morgan fingerprint density at radius 1 is 1.20 bits per heavy atom. The molecule has 5 heteroatoms. The van der Waals surface area contributed by atoms with Gasteiger partial charge in [0, 0.05) is 38.3 Å². The molecule has 0 fully saturated rings. The fourth-order valence-electron chi connectivity index (χ4n) is 2.87. The van der Waals surface area contributed by atoms with Crippen molar-refractivity contribution in [1.82, 2.24) is 15.6 Å². The van der Waals surface area contributed by atoms with E-state index in [-0.39, 0.29) is 6.10 Å². The fraction of sp³-hybridized carbons (Fsp3) is 0.500. The number of fused-ring (bicyclic) bond motifs is 1. The summed E-state index contributed by atoms with van der Waals surface area (Å²) in [4.78, 5) is 8.80. The number of rotatable bonds is 8. The molecular formula is C20H30N4O. The smallest absolute Gasteiger partial charge is 0.191 e. The van der Waals surface area contributed by atoms with Gasteiger partial charge in [-0.15, -0.1) is 0 Å². The molecule has 136 valence electrons. The number of ether oxygens (including phenoxy) is 1. The topological polar surface area (TPSA) is 58.5 Å². The minimum Gasteiger partial charge on any atom is -0.378 e. The molecule has 2 aromatic rings. The number of pyridine rings is 1. The maximum absolute atomic E-state index is 5.79. The van der Waals surface area contributed by atoms with Gasteiger partial charge in [-0.05, 0) is 30.9 Å². The number of aromatic nitrogens is 1. The Hall–Kier alpha value is -2.14. The first-order valence-corrected chi connectivity index (χ1v) is 9.04. The Balaban J connectivity index is 1.88. The van der Waals surface area contributed by atoms with Crippen molar-refractivity contribution in [2.24, 2.45) is 10.9 Å². The summed E-state index contributed by atoms with van der Waals surface area (Å²) in [6, 6.07) is 10.3. The molecule has 1 aromatic carbocycles. The summed E-state index contributed by atoms with van der Waals surface area (Å²) in [5.41, 5.74) is 2.19. The lowest BCUT2D eigenvalue weighted by molar-refractivity contribution is 0.0258. The Morgan fingerprint density at radius 2 is 2.00 bits per heavy atom. The molecule has 0 spiro atoms. The maximum Gasteiger partial charge on any atom is 0.191 e. The SMILES string of the molecule is CCOC(CCNC(=NC)NCc1cccc2cccnc12)C(C)C. The van der Waals surface area contributed by atoms with Gasteiger partial charge in [0.15, 0.2) is 5.96 Å². The maximum atomic E-state index is 5.79. The van der Waals surface area contributed by atoms with Crippen LogP contribution in [0.1, 0.15) is 32.8 Å². The molecule has 0 radical (unpaired) electrons. The molecule has 1 heterocycles. The molecule has 1 unspecified atom stereocenters. The minimum absolute atomic E-state index is 0.276. The molecule has 0 aliphatic carbocycles. The number of benzene rings is 1. The van der Waals surface area contributed by atoms with E-state index in [4.69, 9.17) is 4.74 Å². The van der Waals surface area contributed by atoms with Crippen LogP contribution in [0.25, 0.3) is 10.9 Å². The molecule has 5 nitrogen and oxygen atoms in total. The lowest BCUT2D eigenvalue weighted by Crippen LogP contribution is -2.39. The molecule has 1 atom stereocenters. The molecule has 2 N–H and O–H groups in total. The predicted octanol–water partition coefficient (Wildman–Crippen LogP) is 3.35. The average Bonchev–Trinajstić information content (AvgIpc) is 2.63. The molecule has 0 bridgehead atoms. The van der Waals surface area contributed by atoms with Crippen LogP contribution in [0.3, 0.4) is 0 Å². The number of guanidine groups is 1. The number of hydrogen-bond acceptors (Lipinski definition) is 3. The van der Waals surface area contributed by atoms with E-state index in [1.165, 1.54) is 0 Å². The highest BCUT2D eigenvalue weighted by atomic mass is 16.5. The van der Waals surface area contributed by atoms with Crippen LogP contribution in [0.15, 0.2) is 41.5 Å². The molecule has 0 saturated carbocycles. The minimum atomic E-state index is 0.276. The van der Waals surface area contributed by atoms with Crippen molar-refractivity contribution in [3.05, 3.63) is 42.1 Å². The quantitative estimate of drug-likeness (QED) is 0.570. The van der Waals surface area contributed by atoms with Gasteiger partial charge in [0.05, 0.1) is 11.6 Å². The lowest BCUT2D eigenvalue weighted by Gasteiger charge is -2.21. The second kappa shape index (κ2) is 9.99. The second-order valence-electron chi connectivity index (χ2n) is 6.37. The van der Waals surface area contributed by atoms with Crippen LogP contribution < -0.4 is 10.6 Å². The molecular weight excluding hydrogens is 312 g/mol. The third-order valence-electron chi connectivity index (χ3n) is 4.23. The standard InChI is InChI=1S/C20H30N4O/c1-5-25-18(15(2)3)11-13-23-20(21-4)24-14-17-9-6-8-16-10-7-12-22-19(16)17/h6-10,12,15,18H,5,11,13-14H2,1-4H3,(H2,21,23,24). The molecule has 25 heavy (non-hydrogen) atoms. The zero-order chi connectivity index (χ0) is 18.1. The summed E-state index contributed by atoms with van der Waals surface area (Å²) >= 11 is 0. The Kier molecular flexibility index (Phi) is 7.67. The van der Waals surface area contributed by atoms with Crippen LogP contribution in [0.5, 0.6) is 0 Å². The van der Waals surface area contributed by atoms with Crippen molar-refractivity contribution in [3.8, 4) is 0 Å². The summed E-state index contributed by atoms with van der Waals surface area (Å²) < 4.78 is 5.79. The second-order valence-corrected chi connectivity index (χ2v) is 6.37. The van der Waals surface area contributed by atoms with Gasteiger partial charge in [0.1, 0.15) is 0 Å². The van der Waals surface area contributed by atoms with E-state index in [1.54, 1.807) is 7.05 Å². The molecule has 2 rings (SSSR count). The van der Waals surface area contributed by atoms with Gasteiger partial charge in [-0.25, -0.2) is 0 Å². The highest BCUT2D eigenvalue weighted by molar-refractivity contribution is 5.83. The van der Waals surface area contributed by atoms with Crippen LogP contribution in [-0.2, 0) is 11.3 Å². The van der Waals surface area contributed by atoms with E-state index in [2.05, 4.69) is 58.7 Å². The summed E-state index contributed by atoms with van der Waals surface area (Å²) in [6.45, 7) is 8.70. The van der Waals surface area contributed by atoms with Crippen molar-refractivity contribution in [1.29, 1.82) is 0 Å². The third kappa shape index (κ3) is 5.71. The zero-order valence-corrected chi connectivity index (χ0v) is 15.7. The summed E-state index contributed by atoms with van der Waals surface area (Å²) in [5.74, 6) is 1.31. The first-order valence-electron chi connectivity index (χ1n) is 9.04. The van der Waals surface area contributed by atoms with Crippen LogP contribution in [0.2, 0.25) is 0 Å². The van der Waals surface area contributed by atoms with Crippen LogP contribution in [0, 0.1) is 5.92 Å². The summed E-state index contributed by atoms with van der Waals surface area (Å²) in [6.07, 6.45) is 3.07. The number of nitrogens with zero attached hydrogens (tertiary/aromatic N) is 2. The van der Waals surface area contributed by atoms with Crippen LogP contribution in [0.4, 0.5) is 0 Å². The van der Waals surface area contributed by atoms with Crippen LogP contribution >= 0.6 is 0 Å². The van der Waals surface area contributed by atoms with Gasteiger partial charge in [-0.1, -0.05) is 38.1 Å². The van der Waals surface area contributed by atoms with Gasteiger partial charge in [-0.2, -0.15) is 0 Å². The highest BCUT2D eigenvalue weighted by Crippen LogP contribution is 2.15. The highest BCUT2D eigenvalue weighted by Gasteiger charge is 2.13. The first kappa shape index (κ1) is 19.2. The Morgan fingerprint density at radius 3 is 2.72 bits per heavy atom. The van der Waals surface area contributed by atoms with Crippen molar-refractivity contribution in [2.75, 3.05) is 20.2 Å². The average molecular weight is 342 g/mol. The van der Waals surface area contributed by atoms with Gasteiger partial charge >= 0.3 is 0 Å². The van der Waals surface area contributed by atoms with Gasteiger partial charge in [-0.3, -0.25) is 9.98 Å². The summed E-state index contributed by atoms with van der Waals surface area (Å²) in [5, 5.41) is 7.89. The predicted molar refractivity (Wildman–Crippen MR) is 105 cm³/mol. The van der Waals surface area contributed by atoms with Gasteiger partial charge in [0.25, 0.3) is 0 Å². The number of aliphatic imine (C=N–C) groups is 1.